The highest BCUT2D eigenvalue weighted by molar-refractivity contribution is 7.93. The number of hydrogen-bond donors (Lipinski definition) is 1. The average molecular weight is 202 g/mol. The molecule has 11 heavy (non-hydrogen) atoms. The van der Waals surface area contributed by atoms with E-state index in [0.29, 0.717) is 0 Å². The third kappa shape index (κ3) is 5.09. The SMILES string of the molecule is C[P+](C)(C)C(=O)NS(=O)(=O)F. The van der Waals surface area contributed by atoms with Crippen LogP contribution in [0.2, 0.25) is 0 Å². The molecule has 0 aliphatic rings. The highest BCUT2D eigenvalue weighted by Gasteiger charge is 2.32. The second kappa shape index (κ2) is 3.03. The molecule has 0 spiro atoms. The highest BCUT2D eigenvalue weighted by Crippen LogP contribution is 2.47. The Morgan fingerprint density at radius 3 is 1.82 bits per heavy atom. The van der Waals surface area contributed by atoms with Gasteiger partial charge in [-0.3, -0.25) is 0 Å². The zero-order valence-corrected chi connectivity index (χ0v) is 8.17. The van der Waals surface area contributed by atoms with Crippen LogP contribution in [-0.4, -0.2) is 34.1 Å². The number of amides is 1. The van der Waals surface area contributed by atoms with Crippen molar-refractivity contribution in [1.29, 1.82) is 0 Å². The molecule has 0 aromatic heterocycles. The maximum absolute atomic E-state index is 11.8. The standard InChI is InChI=1S/C4H9FNO3PS/c1-10(2,3)4(7)6-11(5,8)9/h1-3H3/p+1. The molecule has 7 heteroatoms. The fourth-order valence-electron chi connectivity index (χ4n) is 0.241. The van der Waals surface area contributed by atoms with E-state index in [1.54, 1.807) is 20.0 Å². The summed E-state index contributed by atoms with van der Waals surface area (Å²) in [6.45, 7) is 4.77. The van der Waals surface area contributed by atoms with Gasteiger partial charge in [0, 0.05) is 0 Å². The van der Waals surface area contributed by atoms with Gasteiger partial charge in [0.2, 0.25) is 0 Å². The summed E-state index contributed by atoms with van der Waals surface area (Å²) in [5.74, 6) is 0. The van der Waals surface area contributed by atoms with Gasteiger partial charge in [0.15, 0.2) is 0 Å². The summed E-state index contributed by atoms with van der Waals surface area (Å²) in [6, 6.07) is 0. The van der Waals surface area contributed by atoms with Crippen molar-refractivity contribution in [1.82, 2.24) is 4.72 Å². The number of hydrogen-bond acceptors (Lipinski definition) is 3. The Morgan fingerprint density at radius 1 is 1.36 bits per heavy atom. The lowest BCUT2D eigenvalue weighted by atomic mass is 11.4. The van der Waals surface area contributed by atoms with Crippen molar-refractivity contribution in [2.45, 2.75) is 0 Å². The predicted molar refractivity (Wildman–Crippen MR) is 43.3 cm³/mol. The molecule has 0 aliphatic carbocycles. The fraction of sp³-hybridized carbons (Fsp3) is 0.750. The van der Waals surface area contributed by atoms with Gasteiger partial charge in [-0.15, -0.1) is 0 Å². The molecule has 0 aliphatic heterocycles. The lowest BCUT2D eigenvalue weighted by Crippen LogP contribution is -2.26. The van der Waals surface area contributed by atoms with Crippen molar-refractivity contribution < 1.29 is 17.1 Å². The van der Waals surface area contributed by atoms with Gasteiger partial charge in [-0.2, -0.15) is 13.1 Å². The second-order valence-corrected chi connectivity index (χ2v) is 8.37. The topological polar surface area (TPSA) is 63.2 Å². The predicted octanol–water partition coefficient (Wildman–Crippen LogP) is 0.817. The fourth-order valence-corrected chi connectivity index (χ4v) is 1.87. The van der Waals surface area contributed by atoms with Crippen molar-refractivity contribution in [3.63, 3.8) is 0 Å². The third-order valence-corrected chi connectivity index (χ3v) is 2.73. The van der Waals surface area contributed by atoms with E-state index in [-0.39, 0.29) is 0 Å². The van der Waals surface area contributed by atoms with Gasteiger partial charge in [0.1, 0.15) is 7.26 Å². The second-order valence-electron chi connectivity index (χ2n) is 2.86. The van der Waals surface area contributed by atoms with Crippen molar-refractivity contribution in [3.05, 3.63) is 0 Å². The Labute approximate surface area is 65.9 Å². The molecule has 0 heterocycles. The summed E-state index contributed by atoms with van der Waals surface area (Å²) < 4.78 is 32.9. The summed E-state index contributed by atoms with van der Waals surface area (Å²) in [6.07, 6.45) is 0. The van der Waals surface area contributed by atoms with Gasteiger partial charge in [-0.1, -0.05) is 3.89 Å². The molecule has 0 radical (unpaired) electrons. The van der Waals surface area contributed by atoms with Crippen LogP contribution < -0.4 is 4.72 Å². The average Bonchev–Trinajstić information content (AvgIpc) is 1.56. The molecule has 0 aromatic rings. The summed E-state index contributed by atoms with van der Waals surface area (Å²) >= 11 is 0. The lowest BCUT2D eigenvalue weighted by Gasteiger charge is -2.07. The minimum absolute atomic E-state index is 0.750. The van der Waals surface area contributed by atoms with Crippen LogP contribution in [0.4, 0.5) is 8.68 Å². The Morgan fingerprint density at radius 2 is 1.73 bits per heavy atom. The molecule has 0 saturated carbocycles. The Bertz CT molecular complexity index is 255. The zero-order valence-electron chi connectivity index (χ0n) is 6.46. The number of carbonyl (C=O) groups is 1. The van der Waals surface area contributed by atoms with E-state index in [4.69, 9.17) is 0 Å². The van der Waals surface area contributed by atoms with Gasteiger partial charge in [0.05, 0.1) is 20.0 Å². The molecule has 0 saturated heterocycles. The molecule has 0 unspecified atom stereocenters. The van der Waals surface area contributed by atoms with Crippen molar-refractivity contribution in [2.24, 2.45) is 0 Å². The van der Waals surface area contributed by atoms with Crippen LogP contribution in [0.3, 0.4) is 0 Å². The first-order valence-corrected chi connectivity index (χ1v) is 7.23. The summed E-state index contributed by atoms with van der Waals surface area (Å²) in [7, 11) is -6.85. The van der Waals surface area contributed by atoms with Crippen LogP contribution in [0.1, 0.15) is 0 Å². The zero-order chi connectivity index (χ0) is 9.28. The summed E-state index contributed by atoms with van der Waals surface area (Å²) in [5, 5.41) is 0. The Kier molecular flexibility index (Phi) is 2.97. The van der Waals surface area contributed by atoms with Crippen LogP contribution in [0.15, 0.2) is 0 Å². The van der Waals surface area contributed by atoms with Crippen LogP contribution in [0.5, 0.6) is 0 Å². The van der Waals surface area contributed by atoms with Crippen LogP contribution in [-0.2, 0) is 10.4 Å². The quantitative estimate of drug-likeness (QED) is 0.532. The number of nitrogens with one attached hydrogen (secondary N) is 1. The first kappa shape index (κ1) is 10.8. The van der Waals surface area contributed by atoms with Gasteiger partial charge in [-0.25, -0.2) is 4.79 Å². The number of carbonyl (C=O) groups excluding carboxylic acids is 1. The molecule has 66 valence electrons. The number of rotatable bonds is 2. The largest absolute Gasteiger partial charge is 0.401 e. The molecule has 0 atom stereocenters. The van der Waals surface area contributed by atoms with Crippen molar-refractivity contribution in [2.75, 3.05) is 20.0 Å². The van der Waals surface area contributed by atoms with E-state index >= 15 is 0 Å². The van der Waals surface area contributed by atoms with Crippen molar-refractivity contribution >= 4 is 23.3 Å². The molecule has 1 amide bonds. The van der Waals surface area contributed by atoms with Gasteiger partial charge in [0.25, 0.3) is 0 Å². The Hall–Kier alpha value is -0.220. The minimum Gasteiger partial charge on any atom is -0.226 e. The van der Waals surface area contributed by atoms with E-state index < -0.39 is 23.3 Å². The molecular formula is C4H10FNO3PS+. The van der Waals surface area contributed by atoms with E-state index in [0.717, 1.165) is 0 Å². The minimum atomic E-state index is -4.88. The van der Waals surface area contributed by atoms with E-state index in [1.807, 2.05) is 0 Å². The van der Waals surface area contributed by atoms with Crippen molar-refractivity contribution in [3.8, 4) is 0 Å². The van der Waals surface area contributed by atoms with Crippen LogP contribution in [0, 0.1) is 0 Å². The lowest BCUT2D eigenvalue weighted by molar-refractivity contribution is 0.263. The molecular weight excluding hydrogens is 192 g/mol. The molecule has 0 fully saturated rings. The van der Waals surface area contributed by atoms with Gasteiger partial charge in [-0.05, 0) is 0 Å². The van der Waals surface area contributed by atoms with Crippen LogP contribution >= 0.6 is 7.26 Å². The summed E-state index contributed by atoms with van der Waals surface area (Å²) in [5.41, 5.74) is -0.750. The van der Waals surface area contributed by atoms with E-state index in [2.05, 4.69) is 0 Å². The smallest absolute Gasteiger partial charge is 0.226 e. The first-order valence-electron chi connectivity index (χ1n) is 2.71. The molecule has 0 rings (SSSR count). The number of halogens is 1. The maximum Gasteiger partial charge on any atom is 0.401 e. The van der Waals surface area contributed by atoms with Crippen LogP contribution in [0.25, 0.3) is 0 Å². The third-order valence-electron chi connectivity index (χ3n) is 0.818. The molecule has 4 nitrogen and oxygen atoms in total. The first-order chi connectivity index (χ1) is 4.63. The normalized spacial score (nSPS) is 12.7. The monoisotopic (exact) mass is 202 g/mol. The van der Waals surface area contributed by atoms with E-state index in [1.165, 1.54) is 4.72 Å². The maximum atomic E-state index is 11.8. The molecule has 1 N–H and O–H groups in total. The Balaban J connectivity index is 4.35. The van der Waals surface area contributed by atoms with E-state index in [9.17, 15) is 17.1 Å². The molecule has 0 bridgehead atoms. The summed E-state index contributed by atoms with van der Waals surface area (Å²) in [4.78, 5) is 10.8. The highest BCUT2D eigenvalue weighted by atomic mass is 32.3. The van der Waals surface area contributed by atoms with Gasteiger partial charge < -0.3 is 0 Å². The van der Waals surface area contributed by atoms with Gasteiger partial charge >= 0.3 is 16.1 Å². The molecule has 0 aromatic carbocycles.